The van der Waals surface area contributed by atoms with Crippen LogP contribution in [-0.2, 0) is 6.11 Å². The standard InChI is InChI=1S/C19H7BrF8O/c20-9-5-13(22)17(14(23)6-9)19(27,28)29-10-1-2-11(12(21)7-10)8-3-15(24)18(26)16(25)4-8/h1-7H. The van der Waals surface area contributed by atoms with Crippen molar-refractivity contribution < 1.29 is 39.9 Å². The summed E-state index contributed by atoms with van der Waals surface area (Å²) in [7, 11) is 0. The van der Waals surface area contributed by atoms with E-state index in [0.717, 1.165) is 12.1 Å². The van der Waals surface area contributed by atoms with Crippen molar-refractivity contribution in [1.29, 1.82) is 0 Å². The molecule has 0 aliphatic heterocycles. The van der Waals surface area contributed by atoms with Crippen molar-refractivity contribution in [3.63, 3.8) is 0 Å². The van der Waals surface area contributed by atoms with Gasteiger partial charge in [-0.1, -0.05) is 15.9 Å². The second kappa shape index (κ2) is 7.66. The minimum absolute atomic E-state index is 0.124. The number of halogens is 9. The molecule has 3 rings (SSSR count). The highest BCUT2D eigenvalue weighted by Gasteiger charge is 2.41. The highest BCUT2D eigenvalue weighted by molar-refractivity contribution is 9.10. The normalized spacial score (nSPS) is 11.6. The third kappa shape index (κ3) is 4.21. The maximum absolute atomic E-state index is 14.3. The number of rotatable bonds is 4. The summed E-state index contributed by atoms with van der Waals surface area (Å²) in [6.45, 7) is 0. The lowest BCUT2D eigenvalue weighted by atomic mass is 10.0. The molecule has 0 aliphatic rings. The Morgan fingerprint density at radius 1 is 0.690 bits per heavy atom. The molecule has 0 unspecified atom stereocenters. The number of hydrogen-bond acceptors (Lipinski definition) is 1. The average molecular weight is 483 g/mol. The van der Waals surface area contributed by atoms with Gasteiger partial charge in [-0.25, -0.2) is 26.3 Å². The van der Waals surface area contributed by atoms with Crippen LogP contribution in [0.4, 0.5) is 35.1 Å². The van der Waals surface area contributed by atoms with Gasteiger partial charge in [0.15, 0.2) is 17.5 Å². The molecule has 3 aromatic rings. The van der Waals surface area contributed by atoms with Crippen LogP contribution in [0, 0.1) is 34.9 Å². The fourth-order valence-electron chi connectivity index (χ4n) is 2.52. The van der Waals surface area contributed by atoms with Crippen molar-refractivity contribution in [2.24, 2.45) is 0 Å². The van der Waals surface area contributed by atoms with E-state index < -0.39 is 63.5 Å². The summed E-state index contributed by atoms with van der Waals surface area (Å²) in [5.74, 6) is -10.2. The molecule has 29 heavy (non-hydrogen) atoms. The predicted octanol–water partition coefficient (Wildman–Crippen LogP) is 7.08. The maximum Gasteiger partial charge on any atom is 0.432 e. The molecule has 0 fully saturated rings. The molecule has 0 heterocycles. The van der Waals surface area contributed by atoms with E-state index in [1.807, 2.05) is 0 Å². The molecule has 0 spiro atoms. The summed E-state index contributed by atoms with van der Waals surface area (Å²) in [6.07, 6.45) is -4.50. The van der Waals surface area contributed by atoms with E-state index in [-0.39, 0.29) is 4.47 Å². The van der Waals surface area contributed by atoms with Gasteiger partial charge >= 0.3 is 6.11 Å². The van der Waals surface area contributed by atoms with E-state index in [9.17, 15) is 35.1 Å². The van der Waals surface area contributed by atoms with Crippen molar-refractivity contribution in [2.45, 2.75) is 6.11 Å². The van der Waals surface area contributed by atoms with Crippen molar-refractivity contribution in [2.75, 3.05) is 0 Å². The molecule has 0 saturated carbocycles. The van der Waals surface area contributed by atoms with E-state index in [1.165, 1.54) is 0 Å². The first-order chi connectivity index (χ1) is 13.5. The largest absolute Gasteiger partial charge is 0.432 e. The monoisotopic (exact) mass is 482 g/mol. The Labute approximate surface area is 166 Å². The van der Waals surface area contributed by atoms with Gasteiger partial charge in [-0.05, 0) is 42.0 Å². The molecule has 0 aromatic heterocycles. The summed E-state index contributed by atoms with van der Waals surface area (Å²) >= 11 is 2.74. The first-order valence-corrected chi connectivity index (χ1v) is 8.45. The average Bonchev–Trinajstić information content (AvgIpc) is 2.57. The van der Waals surface area contributed by atoms with Crippen LogP contribution in [-0.4, -0.2) is 0 Å². The molecule has 152 valence electrons. The van der Waals surface area contributed by atoms with Gasteiger partial charge in [0.05, 0.1) is 0 Å². The number of alkyl halides is 2. The molecule has 0 atom stereocenters. The topological polar surface area (TPSA) is 9.23 Å². The van der Waals surface area contributed by atoms with Gasteiger partial charge in [-0.2, -0.15) is 8.78 Å². The number of hydrogen-bond donors (Lipinski definition) is 0. The molecule has 0 saturated heterocycles. The van der Waals surface area contributed by atoms with Crippen molar-refractivity contribution in [3.8, 4) is 16.9 Å². The molecular formula is C19H7BrF8O. The third-order valence-electron chi connectivity index (χ3n) is 3.78. The zero-order chi connectivity index (χ0) is 21.5. The Balaban J connectivity index is 1.95. The molecule has 1 nitrogen and oxygen atoms in total. The highest BCUT2D eigenvalue weighted by atomic mass is 79.9. The summed E-state index contributed by atoms with van der Waals surface area (Å²) in [6, 6.07) is 4.27. The second-order valence-electron chi connectivity index (χ2n) is 5.76. The zero-order valence-corrected chi connectivity index (χ0v) is 15.4. The van der Waals surface area contributed by atoms with E-state index in [1.54, 1.807) is 0 Å². The Kier molecular flexibility index (Phi) is 5.57. The SMILES string of the molecule is Fc1cc(OC(F)(F)c2c(F)cc(Br)cc2F)ccc1-c1cc(F)c(F)c(F)c1. The van der Waals surface area contributed by atoms with E-state index in [4.69, 9.17) is 0 Å². The lowest BCUT2D eigenvalue weighted by molar-refractivity contribution is -0.189. The van der Waals surface area contributed by atoms with Gasteiger partial charge in [0.1, 0.15) is 28.8 Å². The van der Waals surface area contributed by atoms with E-state index in [2.05, 4.69) is 20.7 Å². The van der Waals surface area contributed by atoms with Crippen LogP contribution in [0.3, 0.4) is 0 Å². The Morgan fingerprint density at radius 2 is 1.24 bits per heavy atom. The van der Waals surface area contributed by atoms with Crippen LogP contribution >= 0.6 is 15.9 Å². The van der Waals surface area contributed by atoms with Gasteiger partial charge in [0, 0.05) is 16.1 Å². The quantitative estimate of drug-likeness (QED) is 0.285. The Bertz CT molecular complexity index is 1050. The minimum Gasteiger partial charge on any atom is -0.429 e. The van der Waals surface area contributed by atoms with Gasteiger partial charge in [-0.3, -0.25) is 0 Å². The van der Waals surface area contributed by atoms with Crippen LogP contribution in [0.25, 0.3) is 11.1 Å². The predicted molar refractivity (Wildman–Crippen MR) is 90.3 cm³/mol. The van der Waals surface area contributed by atoms with E-state index in [0.29, 0.717) is 30.3 Å². The van der Waals surface area contributed by atoms with Gasteiger partial charge < -0.3 is 4.74 Å². The molecular weight excluding hydrogens is 476 g/mol. The molecule has 0 aliphatic carbocycles. The maximum atomic E-state index is 14.3. The summed E-state index contributed by atoms with van der Waals surface area (Å²) < 4.78 is 114. The van der Waals surface area contributed by atoms with Crippen molar-refractivity contribution in [1.82, 2.24) is 0 Å². The van der Waals surface area contributed by atoms with Crippen LogP contribution in [0.2, 0.25) is 0 Å². The number of benzene rings is 3. The summed E-state index contributed by atoms with van der Waals surface area (Å²) in [5.41, 5.74) is -2.53. The van der Waals surface area contributed by atoms with Crippen molar-refractivity contribution >= 4 is 15.9 Å². The van der Waals surface area contributed by atoms with E-state index >= 15 is 0 Å². The number of ether oxygens (including phenoxy) is 1. The minimum atomic E-state index is -4.50. The summed E-state index contributed by atoms with van der Waals surface area (Å²) in [5, 5.41) is 0. The lowest BCUT2D eigenvalue weighted by Gasteiger charge is -2.20. The van der Waals surface area contributed by atoms with Crippen LogP contribution in [0.15, 0.2) is 46.9 Å². The summed E-state index contributed by atoms with van der Waals surface area (Å²) in [4.78, 5) is 0. The van der Waals surface area contributed by atoms with Crippen LogP contribution < -0.4 is 4.74 Å². The van der Waals surface area contributed by atoms with Gasteiger partial charge in [0.2, 0.25) is 0 Å². The third-order valence-corrected chi connectivity index (χ3v) is 4.24. The van der Waals surface area contributed by atoms with Crippen LogP contribution in [0.1, 0.15) is 5.56 Å². The first kappa shape index (κ1) is 21.1. The van der Waals surface area contributed by atoms with Crippen molar-refractivity contribution in [3.05, 3.63) is 87.4 Å². The molecule has 3 aromatic carbocycles. The smallest absolute Gasteiger partial charge is 0.429 e. The molecule has 0 bridgehead atoms. The lowest BCUT2D eigenvalue weighted by Crippen LogP contribution is -2.25. The molecule has 0 radical (unpaired) electrons. The molecule has 0 N–H and O–H groups in total. The Hall–Kier alpha value is -2.62. The molecule has 10 heteroatoms. The molecule has 0 amide bonds. The highest BCUT2D eigenvalue weighted by Crippen LogP contribution is 2.37. The Morgan fingerprint density at radius 3 is 1.76 bits per heavy atom. The second-order valence-corrected chi connectivity index (χ2v) is 6.67. The fraction of sp³-hybridized carbons (Fsp3) is 0.0526. The van der Waals surface area contributed by atoms with Gasteiger partial charge in [-0.15, -0.1) is 0 Å². The first-order valence-electron chi connectivity index (χ1n) is 7.66. The fourth-order valence-corrected chi connectivity index (χ4v) is 2.93. The van der Waals surface area contributed by atoms with Gasteiger partial charge in [0.25, 0.3) is 0 Å². The van der Waals surface area contributed by atoms with Crippen LogP contribution in [0.5, 0.6) is 5.75 Å². The zero-order valence-electron chi connectivity index (χ0n) is 13.9.